The smallest absolute Gasteiger partial charge is 0.339 e. The van der Waals surface area contributed by atoms with Crippen molar-refractivity contribution in [2.45, 2.75) is 375 Å². The van der Waals surface area contributed by atoms with Gasteiger partial charge in [0.05, 0.1) is 22.8 Å². The van der Waals surface area contributed by atoms with E-state index >= 15 is 0 Å². The Morgan fingerprint density at radius 1 is 0.356 bits per heavy atom. The Kier molecular flexibility index (Phi) is 58.4. The number of unbranched alkanes of at least 4 members (excludes halogenated alkanes) is 43. The summed E-state index contributed by atoms with van der Waals surface area (Å²) in [5.41, 5.74) is 7.75. The van der Waals surface area contributed by atoms with Crippen molar-refractivity contribution in [3.63, 3.8) is 0 Å². The third-order valence-corrected chi connectivity index (χ3v) is 18.1. The molecule has 0 aliphatic heterocycles. The van der Waals surface area contributed by atoms with E-state index in [1.165, 1.54) is 336 Å². The first-order chi connectivity index (χ1) is 43.8. The van der Waals surface area contributed by atoms with Crippen LogP contribution < -0.4 is 0 Å². The summed E-state index contributed by atoms with van der Waals surface area (Å²) in [5.74, 6) is -2.25. The van der Waals surface area contributed by atoms with Gasteiger partial charge in [-0.05, 0) is 132 Å². The average molecular weight is 1290 g/mol. The SMILES string of the molecule is CCCCCCCCCCCCCCC=CCCCc1ccccc1N=C(CCCC)C(CCCCCCCCCCCCCCCCCCC)=Nc1ccccc1CCCC=CCCCCCCCCCCCCCC.Cc1ccc(O)c(O)c1C(=O)O.[Ni]. The quantitative estimate of drug-likeness (QED) is 0.0172. The van der Waals surface area contributed by atoms with E-state index in [0.29, 0.717) is 5.56 Å². The predicted octanol–water partition coefficient (Wildman–Crippen LogP) is 27.8. The Morgan fingerprint density at radius 2 is 0.633 bits per heavy atom. The van der Waals surface area contributed by atoms with Crippen molar-refractivity contribution in [2.75, 3.05) is 0 Å². The van der Waals surface area contributed by atoms with Crippen molar-refractivity contribution in [1.82, 2.24) is 0 Å². The molecule has 0 fully saturated rings. The minimum atomic E-state index is -1.25. The Balaban J connectivity index is 0.00000277. The second-order valence-corrected chi connectivity index (χ2v) is 26.4. The fourth-order valence-electron chi connectivity index (χ4n) is 12.3. The molecule has 0 unspecified atom stereocenters. The summed E-state index contributed by atoms with van der Waals surface area (Å²) in [7, 11) is 0. The number of hydrogen-bond acceptors (Lipinski definition) is 5. The van der Waals surface area contributed by atoms with Crippen LogP contribution in [0.3, 0.4) is 0 Å². The van der Waals surface area contributed by atoms with E-state index in [4.69, 9.17) is 25.3 Å². The Hall–Kier alpha value is -3.96. The largest absolute Gasteiger partial charge is 0.504 e. The molecule has 0 spiro atoms. The molecule has 514 valence electrons. The number of carboxylic acid groups (broad SMARTS) is 1. The third-order valence-electron chi connectivity index (χ3n) is 18.1. The number of carboxylic acids is 1. The number of aromatic carboxylic acids is 1. The van der Waals surface area contributed by atoms with Crippen LogP contribution >= 0.6 is 0 Å². The second kappa shape index (κ2) is 62.5. The Labute approximate surface area is 565 Å². The first-order valence-corrected chi connectivity index (χ1v) is 38.1. The topological polar surface area (TPSA) is 102 Å². The van der Waals surface area contributed by atoms with E-state index < -0.39 is 17.5 Å². The summed E-state index contributed by atoms with van der Waals surface area (Å²) in [6.45, 7) is 10.8. The average Bonchev–Trinajstić information content (AvgIpc) is 1.88. The first kappa shape index (κ1) is 84.1. The standard InChI is InChI=1S/C75H130N2.C8H8O4.Ni/c1-5-9-13-16-19-22-25-28-31-34-37-40-43-46-49-52-55-62-70-64-58-60-67-72(70)76-74(66-12-8-4)75(69-57-54-51-48-45-42-39-36-33-30-27-24-21-18-15-11-7-3)77-73-68-61-59-65-71(73)63-56-53-50-47-44-41-38-35-32-29-26-23-20-17-14-10-6-2;1-4-2-3-5(9)7(10)6(4)8(11)12;/h46-47,49-50,58-61,64-65,67-68H,5-45,48,51-57,62-63,66,69H2,1-4H3;2-3,9-10H,1H3,(H,11,12);. The molecule has 0 heterocycles. The Bertz CT molecular complexity index is 2250. The molecule has 3 aromatic carbocycles. The second-order valence-electron chi connectivity index (χ2n) is 26.4. The third kappa shape index (κ3) is 46.2. The summed E-state index contributed by atoms with van der Waals surface area (Å²) in [4.78, 5) is 21.8. The molecule has 0 aliphatic carbocycles. The zero-order valence-electron chi connectivity index (χ0n) is 59.0. The number of carbonyl (C=O) groups is 1. The molecule has 6 nitrogen and oxygen atoms in total. The minimum absolute atomic E-state index is 0. The maximum Gasteiger partial charge on any atom is 0.339 e. The zero-order valence-corrected chi connectivity index (χ0v) is 60.0. The van der Waals surface area contributed by atoms with E-state index in [1.54, 1.807) is 6.92 Å². The fourth-order valence-corrected chi connectivity index (χ4v) is 12.3. The zero-order chi connectivity index (χ0) is 64.1. The number of rotatable bonds is 59. The van der Waals surface area contributed by atoms with Gasteiger partial charge in [-0.25, -0.2) is 4.79 Å². The number of aryl methyl sites for hydroxylation is 3. The van der Waals surface area contributed by atoms with Crippen LogP contribution in [0.15, 0.2) is 95.0 Å². The molecular formula is C83H138N2NiO4. The van der Waals surface area contributed by atoms with Crippen molar-refractivity contribution < 1.29 is 36.6 Å². The maximum absolute atomic E-state index is 10.5. The van der Waals surface area contributed by atoms with E-state index in [1.807, 2.05) is 0 Å². The van der Waals surface area contributed by atoms with Gasteiger partial charge < -0.3 is 15.3 Å². The Morgan fingerprint density at radius 3 is 0.944 bits per heavy atom. The first-order valence-electron chi connectivity index (χ1n) is 38.1. The van der Waals surface area contributed by atoms with Gasteiger partial charge in [-0.15, -0.1) is 0 Å². The van der Waals surface area contributed by atoms with Gasteiger partial charge >= 0.3 is 5.97 Å². The van der Waals surface area contributed by atoms with E-state index in [9.17, 15) is 4.79 Å². The molecule has 0 aliphatic rings. The molecule has 0 amide bonds. The summed E-state index contributed by atoms with van der Waals surface area (Å²) in [6.07, 6.45) is 81.3. The molecule has 0 atom stereocenters. The molecule has 0 radical (unpaired) electrons. The van der Waals surface area contributed by atoms with Crippen LogP contribution in [0.2, 0.25) is 0 Å². The molecule has 0 aromatic heterocycles. The van der Waals surface area contributed by atoms with Crippen LogP contribution in [0.25, 0.3) is 0 Å². The number of phenols is 2. The molecule has 3 N–H and O–H groups in total. The number of benzene rings is 3. The van der Waals surface area contributed by atoms with E-state index in [0.717, 1.165) is 50.6 Å². The van der Waals surface area contributed by atoms with Gasteiger partial charge in [0.25, 0.3) is 0 Å². The van der Waals surface area contributed by atoms with Gasteiger partial charge in [0.2, 0.25) is 0 Å². The molecular weight excluding hydrogens is 1150 g/mol. The van der Waals surface area contributed by atoms with Crippen LogP contribution in [0.4, 0.5) is 11.4 Å². The number of aliphatic imine (C=N–C) groups is 2. The van der Waals surface area contributed by atoms with Crippen LogP contribution in [0.5, 0.6) is 11.5 Å². The molecule has 3 aromatic rings. The number of para-hydroxylation sites is 2. The summed E-state index contributed by atoms with van der Waals surface area (Å²) < 4.78 is 0. The monoisotopic (exact) mass is 1290 g/mol. The van der Waals surface area contributed by atoms with Crippen molar-refractivity contribution in [2.24, 2.45) is 9.98 Å². The van der Waals surface area contributed by atoms with E-state index in [-0.39, 0.29) is 22.1 Å². The van der Waals surface area contributed by atoms with Crippen LogP contribution in [0.1, 0.15) is 382 Å². The summed E-state index contributed by atoms with van der Waals surface area (Å²) in [5, 5.41) is 26.7. The van der Waals surface area contributed by atoms with Crippen molar-refractivity contribution in [3.8, 4) is 11.5 Å². The van der Waals surface area contributed by atoms with Gasteiger partial charge in [0, 0.05) is 16.5 Å². The number of phenolic OH excluding ortho intramolecular Hbond substituents is 1. The van der Waals surface area contributed by atoms with Crippen LogP contribution in [-0.4, -0.2) is 32.7 Å². The molecule has 3 rings (SSSR count). The predicted molar refractivity (Wildman–Crippen MR) is 392 cm³/mol. The van der Waals surface area contributed by atoms with Gasteiger partial charge in [-0.1, -0.05) is 345 Å². The van der Waals surface area contributed by atoms with Crippen molar-refractivity contribution in [1.29, 1.82) is 0 Å². The number of nitrogens with zero attached hydrogens (tertiary/aromatic N) is 2. The number of aromatic hydroxyl groups is 2. The normalized spacial score (nSPS) is 11.9. The number of allylic oxidation sites excluding steroid dienone is 4. The number of hydrogen-bond donors (Lipinski definition) is 3. The van der Waals surface area contributed by atoms with E-state index in [2.05, 4.69) is 101 Å². The molecule has 0 bridgehead atoms. The molecule has 0 saturated carbocycles. The maximum atomic E-state index is 10.5. The fraction of sp³-hybridized carbons (Fsp3) is 0.699. The molecule has 7 heteroatoms. The van der Waals surface area contributed by atoms with Gasteiger partial charge in [-0.3, -0.25) is 9.98 Å². The van der Waals surface area contributed by atoms with Crippen LogP contribution in [-0.2, 0) is 29.3 Å². The molecule has 90 heavy (non-hydrogen) atoms. The van der Waals surface area contributed by atoms with Gasteiger partial charge in [0.15, 0.2) is 11.5 Å². The van der Waals surface area contributed by atoms with Gasteiger partial charge in [-0.2, -0.15) is 0 Å². The van der Waals surface area contributed by atoms with Crippen molar-refractivity contribution in [3.05, 3.63) is 107 Å². The van der Waals surface area contributed by atoms with Gasteiger partial charge in [0.1, 0.15) is 5.56 Å². The minimum Gasteiger partial charge on any atom is -0.504 e. The van der Waals surface area contributed by atoms with Crippen molar-refractivity contribution >= 4 is 28.8 Å². The summed E-state index contributed by atoms with van der Waals surface area (Å²) in [6, 6.07) is 20.8. The molecule has 0 saturated heterocycles. The summed E-state index contributed by atoms with van der Waals surface area (Å²) >= 11 is 0. The van der Waals surface area contributed by atoms with Crippen LogP contribution in [0, 0.1) is 6.92 Å².